The Labute approximate surface area is 69.7 Å². The van der Waals surface area contributed by atoms with E-state index in [4.69, 9.17) is 0 Å². The van der Waals surface area contributed by atoms with E-state index in [-0.39, 0.29) is 0 Å². The highest BCUT2D eigenvalue weighted by molar-refractivity contribution is 5.83. The maximum Gasteiger partial charge on any atom is 0.412 e. The van der Waals surface area contributed by atoms with Gasteiger partial charge in [0.15, 0.2) is 5.82 Å². The van der Waals surface area contributed by atoms with Crippen LogP contribution >= 0.6 is 0 Å². The molecule has 5 nitrogen and oxygen atoms in total. The number of rotatable bonds is 2. The van der Waals surface area contributed by atoms with Gasteiger partial charge in [-0.25, -0.2) is 4.79 Å². The van der Waals surface area contributed by atoms with Gasteiger partial charge in [-0.2, -0.15) is 0 Å². The highest BCUT2D eigenvalue weighted by atomic mass is 16.5. The third-order valence-electron chi connectivity index (χ3n) is 1.24. The molecule has 0 aliphatic carbocycles. The molecule has 0 fully saturated rings. The molecule has 0 saturated carbocycles. The Morgan fingerprint density at radius 2 is 2.58 bits per heavy atom. The number of nitrogens with one attached hydrogen (secondary N) is 1. The largest absolute Gasteiger partial charge is 0.450 e. The summed E-state index contributed by atoms with van der Waals surface area (Å²) in [5.41, 5.74) is 0.767. The molecular formula is C7H10N2O3. The molecule has 0 aliphatic rings. The van der Waals surface area contributed by atoms with E-state index in [9.17, 15) is 4.79 Å². The molecule has 0 aliphatic heterocycles. The van der Waals surface area contributed by atoms with Gasteiger partial charge in [-0.05, 0) is 13.8 Å². The molecule has 0 saturated heterocycles. The summed E-state index contributed by atoms with van der Waals surface area (Å²) in [6.45, 7) is 3.84. The third kappa shape index (κ3) is 1.98. The summed E-state index contributed by atoms with van der Waals surface area (Å²) in [6, 6.07) is 0. The van der Waals surface area contributed by atoms with Crippen molar-refractivity contribution < 1.29 is 14.1 Å². The second kappa shape index (κ2) is 3.75. The van der Waals surface area contributed by atoms with Gasteiger partial charge in [0.05, 0.1) is 6.61 Å². The lowest BCUT2D eigenvalue weighted by Crippen LogP contribution is -2.13. The number of hydrogen-bond acceptors (Lipinski definition) is 4. The van der Waals surface area contributed by atoms with Crippen LogP contribution in [0.5, 0.6) is 0 Å². The summed E-state index contributed by atoms with van der Waals surface area (Å²) in [5.74, 6) is 0.397. The molecule has 1 aromatic rings. The van der Waals surface area contributed by atoms with Crippen molar-refractivity contribution in [1.82, 2.24) is 5.16 Å². The molecule has 1 amide bonds. The van der Waals surface area contributed by atoms with Gasteiger partial charge < -0.3 is 9.26 Å². The predicted molar refractivity (Wildman–Crippen MR) is 41.9 cm³/mol. The number of nitrogens with zero attached hydrogens (tertiary/aromatic N) is 1. The van der Waals surface area contributed by atoms with E-state index in [0.29, 0.717) is 12.4 Å². The van der Waals surface area contributed by atoms with E-state index in [1.54, 1.807) is 13.8 Å². The maximum absolute atomic E-state index is 10.8. The molecule has 66 valence electrons. The Morgan fingerprint density at radius 3 is 3.08 bits per heavy atom. The molecule has 1 N–H and O–H groups in total. The molecule has 0 unspecified atom stereocenters. The minimum absolute atomic E-state index is 0.336. The highest BCUT2D eigenvalue weighted by Gasteiger charge is 2.07. The average molecular weight is 170 g/mol. The van der Waals surface area contributed by atoms with Crippen LogP contribution < -0.4 is 5.32 Å². The molecule has 5 heteroatoms. The van der Waals surface area contributed by atoms with Crippen LogP contribution in [0, 0.1) is 6.92 Å². The van der Waals surface area contributed by atoms with Crippen molar-refractivity contribution in [2.24, 2.45) is 0 Å². The van der Waals surface area contributed by atoms with Crippen LogP contribution in [0.4, 0.5) is 10.6 Å². The van der Waals surface area contributed by atoms with Gasteiger partial charge in [-0.3, -0.25) is 5.32 Å². The van der Waals surface area contributed by atoms with Crippen LogP contribution in [-0.4, -0.2) is 17.9 Å². The van der Waals surface area contributed by atoms with Crippen LogP contribution in [0.2, 0.25) is 0 Å². The molecule has 1 rings (SSSR count). The second-order valence-electron chi connectivity index (χ2n) is 2.19. The van der Waals surface area contributed by atoms with E-state index in [2.05, 4.69) is 19.7 Å². The zero-order chi connectivity index (χ0) is 8.97. The smallest absolute Gasteiger partial charge is 0.412 e. The monoisotopic (exact) mass is 170 g/mol. The first-order chi connectivity index (χ1) is 5.74. The molecule has 12 heavy (non-hydrogen) atoms. The van der Waals surface area contributed by atoms with Gasteiger partial charge in [0.1, 0.15) is 6.26 Å². The van der Waals surface area contributed by atoms with E-state index in [0.717, 1.165) is 5.56 Å². The van der Waals surface area contributed by atoms with E-state index < -0.39 is 6.09 Å². The Bertz CT molecular complexity index is 269. The zero-order valence-corrected chi connectivity index (χ0v) is 6.96. The summed E-state index contributed by atoms with van der Waals surface area (Å²) < 4.78 is 9.24. The molecule has 1 heterocycles. The number of carbonyl (C=O) groups is 1. The zero-order valence-electron chi connectivity index (χ0n) is 6.96. The molecule has 1 aromatic heterocycles. The Balaban J connectivity index is 2.52. The summed E-state index contributed by atoms with van der Waals surface area (Å²) >= 11 is 0. The summed E-state index contributed by atoms with van der Waals surface area (Å²) in [6.07, 6.45) is 0.927. The maximum atomic E-state index is 10.8. The molecule has 0 aromatic carbocycles. The molecule has 0 atom stereocenters. The van der Waals surface area contributed by atoms with E-state index >= 15 is 0 Å². The minimum atomic E-state index is -0.519. The van der Waals surface area contributed by atoms with Gasteiger partial charge in [0.2, 0.25) is 0 Å². The fourth-order valence-electron chi connectivity index (χ4n) is 0.671. The van der Waals surface area contributed by atoms with Crippen LogP contribution in [0.1, 0.15) is 12.5 Å². The number of aryl methyl sites for hydroxylation is 1. The van der Waals surface area contributed by atoms with Crippen LogP contribution in [-0.2, 0) is 4.74 Å². The van der Waals surface area contributed by atoms with Gasteiger partial charge in [-0.1, -0.05) is 5.16 Å². The highest BCUT2D eigenvalue weighted by Crippen LogP contribution is 2.10. The van der Waals surface area contributed by atoms with Crippen LogP contribution in [0.3, 0.4) is 0 Å². The minimum Gasteiger partial charge on any atom is -0.450 e. The van der Waals surface area contributed by atoms with Crippen molar-refractivity contribution in [2.45, 2.75) is 13.8 Å². The molecule has 0 bridgehead atoms. The Kier molecular flexibility index (Phi) is 2.68. The lowest BCUT2D eigenvalue weighted by Gasteiger charge is -2.00. The number of aromatic nitrogens is 1. The van der Waals surface area contributed by atoms with E-state index in [1.165, 1.54) is 6.26 Å². The normalized spacial score (nSPS) is 9.50. The topological polar surface area (TPSA) is 64.4 Å². The fraction of sp³-hybridized carbons (Fsp3) is 0.429. The van der Waals surface area contributed by atoms with Gasteiger partial charge in [0.25, 0.3) is 0 Å². The van der Waals surface area contributed by atoms with Crippen molar-refractivity contribution in [3.8, 4) is 0 Å². The van der Waals surface area contributed by atoms with Crippen molar-refractivity contribution in [3.63, 3.8) is 0 Å². The van der Waals surface area contributed by atoms with E-state index in [1.807, 2.05) is 0 Å². The number of hydrogen-bond donors (Lipinski definition) is 1. The SMILES string of the molecule is CCOC(=O)Nc1nocc1C. The van der Waals surface area contributed by atoms with Gasteiger partial charge >= 0.3 is 6.09 Å². The Morgan fingerprint density at radius 1 is 1.83 bits per heavy atom. The first-order valence-electron chi connectivity index (χ1n) is 3.58. The fourth-order valence-corrected chi connectivity index (χ4v) is 0.671. The molecule has 0 spiro atoms. The third-order valence-corrected chi connectivity index (χ3v) is 1.24. The van der Waals surface area contributed by atoms with Crippen molar-refractivity contribution in [1.29, 1.82) is 0 Å². The first kappa shape index (κ1) is 8.58. The van der Waals surface area contributed by atoms with Crippen LogP contribution in [0.15, 0.2) is 10.8 Å². The quantitative estimate of drug-likeness (QED) is 0.731. The number of amides is 1. The summed E-state index contributed by atoms with van der Waals surface area (Å²) in [5, 5.41) is 5.98. The number of anilines is 1. The molecule has 0 radical (unpaired) electrons. The van der Waals surface area contributed by atoms with Gasteiger partial charge in [0, 0.05) is 5.56 Å². The number of carbonyl (C=O) groups excluding carboxylic acids is 1. The first-order valence-corrected chi connectivity index (χ1v) is 3.58. The lowest BCUT2D eigenvalue weighted by atomic mass is 10.4. The van der Waals surface area contributed by atoms with Crippen molar-refractivity contribution >= 4 is 11.9 Å². The summed E-state index contributed by atoms with van der Waals surface area (Å²) in [4.78, 5) is 10.8. The van der Waals surface area contributed by atoms with Gasteiger partial charge in [-0.15, -0.1) is 0 Å². The van der Waals surface area contributed by atoms with Crippen molar-refractivity contribution in [3.05, 3.63) is 11.8 Å². The van der Waals surface area contributed by atoms with Crippen molar-refractivity contribution in [2.75, 3.05) is 11.9 Å². The average Bonchev–Trinajstić information content (AvgIpc) is 2.37. The summed E-state index contributed by atoms with van der Waals surface area (Å²) in [7, 11) is 0. The van der Waals surface area contributed by atoms with Crippen LogP contribution in [0.25, 0.3) is 0 Å². The Hall–Kier alpha value is -1.52. The lowest BCUT2D eigenvalue weighted by molar-refractivity contribution is 0.167. The predicted octanol–water partition coefficient (Wildman–Crippen LogP) is 1.55. The second-order valence-corrected chi connectivity index (χ2v) is 2.19. The molecular weight excluding hydrogens is 160 g/mol. The number of ether oxygens (including phenoxy) is 1. The standard InChI is InChI=1S/C7H10N2O3/c1-3-11-7(10)8-6-5(2)4-12-9-6/h4H,3H2,1-2H3,(H,8,9,10).